The normalized spacial score (nSPS) is 14.4. The van der Waals surface area contributed by atoms with E-state index in [2.05, 4.69) is 50.4 Å². The lowest BCUT2D eigenvalue weighted by Crippen LogP contribution is -2.46. The summed E-state index contributed by atoms with van der Waals surface area (Å²) in [6, 6.07) is -0.737. The van der Waals surface area contributed by atoms with Gasteiger partial charge in [-0.3, -0.25) is 9.59 Å². The number of rotatable bonds is 38. The second-order valence-corrected chi connectivity index (χ2v) is 14.9. The lowest BCUT2D eigenvalue weighted by molar-refractivity contribution is -0.151. The third kappa shape index (κ3) is 39.1. The van der Waals surface area contributed by atoms with Gasteiger partial charge in [0.25, 0.3) is 0 Å². The number of ether oxygens (including phenoxy) is 1. The van der Waals surface area contributed by atoms with E-state index in [0.717, 1.165) is 70.6 Å². The highest BCUT2D eigenvalue weighted by Crippen LogP contribution is 2.16. The van der Waals surface area contributed by atoms with Crippen molar-refractivity contribution in [3.8, 4) is 0 Å². The molecule has 6 heteroatoms. The van der Waals surface area contributed by atoms with Gasteiger partial charge in [0.15, 0.2) is 0 Å². The molecular formula is C51H83NO5. The minimum absolute atomic E-state index is 0.00689. The number of amides is 1. The van der Waals surface area contributed by atoms with E-state index in [9.17, 15) is 19.8 Å². The van der Waals surface area contributed by atoms with Crippen molar-refractivity contribution in [2.75, 3.05) is 6.61 Å². The van der Waals surface area contributed by atoms with Crippen LogP contribution < -0.4 is 5.32 Å². The molecule has 1 amide bonds. The molecule has 0 saturated heterocycles. The van der Waals surface area contributed by atoms with Crippen LogP contribution in [0.3, 0.4) is 0 Å². The smallest absolute Gasteiger partial charge is 0.306 e. The Morgan fingerprint density at radius 1 is 0.526 bits per heavy atom. The minimum atomic E-state index is -0.818. The number of aliphatic hydroxyl groups excluding tert-OH is 2. The summed E-state index contributed by atoms with van der Waals surface area (Å²) >= 11 is 0. The van der Waals surface area contributed by atoms with Crippen molar-refractivity contribution in [3.63, 3.8) is 0 Å². The van der Waals surface area contributed by atoms with Gasteiger partial charge in [0, 0.05) is 6.42 Å². The van der Waals surface area contributed by atoms with Gasteiger partial charge in [0.1, 0.15) is 6.10 Å². The Labute approximate surface area is 349 Å². The summed E-state index contributed by atoms with van der Waals surface area (Å²) in [5, 5.41) is 23.6. The van der Waals surface area contributed by atoms with Crippen molar-refractivity contribution in [3.05, 3.63) is 109 Å². The molecule has 0 fully saturated rings. The van der Waals surface area contributed by atoms with Crippen LogP contribution in [0.4, 0.5) is 0 Å². The van der Waals surface area contributed by atoms with Crippen LogP contribution in [0.1, 0.15) is 175 Å². The second kappa shape index (κ2) is 43.6. The summed E-state index contributed by atoms with van der Waals surface area (Å²) in [7, 11) is 0. The van der Waals surface area contributed by atoms with E-state index in [1.807, 2.05) is 85.1 Å². The van der Waals surface area contributed by atoms with Gasteiger partial charge >= 0.3 is 5.97 Å². The van der Waals surface area contributed by atoms with Crippen molar-refractivity contribution in [1.82, 2.24) is 5.32 Å². The van der Waals surface area contributed by atoms with Crippen molar-refractivity contribution in [1.29, 1.82) is 0 Å². The van der Waals surface area contributed by atoms with E-state index in [4.69, 9.17) is 4.74 Å². The van der Waals surface area contributed by atoms with E-state index in [0.29, 0.717) is 19.3 Å². The predicted octanol–water partition coefficient (Wildman–Crippen LogP) is 13.2. The first-order valence-corrected chi connectivity index (χ1v) is 22.7. The maximum absolute atomic E-state index is 13.1. The van der Waals surface area contributed by atoms with Crippen molar-refractivity contribution in [2.45, 2.75) is 193 Å². The molecule has 0 aliphatic rings. The average Bonchev–Trinajstić information content (AvgIpc) is 3.20. The average molecular weight is 790 g/mol. The molecule has 322 valence electrons. The predicted molar refractivity (Wildman–Crippen MR) is 245 cm³/mol. The van der Waals surface area contributed by atoms with E-state index >= 15 is 0 Å². The molecule has 3 atom stereocenters. The molecule has 0 aliphatic carbocycles. The highest BCUT2D eigenvalue weighted by atomic mass is 16.5. The van der Waals surface area contributed by atoms with Gasteiger partial charge in [-0.05, 0) is 57.8 Å². The van der Waals surface area contributed by atoms with Gasteiger partial charge in [0.05, 0.1) is 25.2 Å². The molecule has 57 heavy (non-hydrogen) atoms. The molecule has 0 aliphatic heterocycles. The third-order valence-corrected chi connectivity index (χ3v) is 9.57. The molecule has 0 aromatic heterocycles. The maximum atomic E-state index is 13.1. The monoisotopic (exact) mass is 790 g/mol. The summed E-state index contributed by atoms with van der Waals surface area (Å²) in [5.74, 6) is -0.606. The molecule has 0 aromatic carbocycles. The van der Waals surface area contributed by atoms with E-state index in [1.54, 1.807) is 0 Å². The lowest BCUT2D eigenvalue weighted by atomic mass is 10.0. The molecule has 0 radical (unpaired) electrons. The number of unbranched alkanes of at least 4 members (excludes halogenated alkanes) is 15. The van der Waals surface area contributed by atoms with Gasteiger partial charge in [-0.2, -0.15) is 0 Å². The van der Waals surface area contributed by atoms with Gasteiger partial charge < -0.3 is 20.3 Å². The summed E-state index contributed by atoms with van der Waals surface area (Å²) < 4.78 is 5.84. The van der Waals surface area contributed by atoms with Gasteiger partial charge in [-0.1, -0.05) is 214 Å². The van der Waals surface area contributed by atoms with Crippen LogP contribution in [0.2, 0.25) is 0 Å². The minimum Gasteiger partial charge on any atom is -0.462 e. The van der Waals surface area contributed by atoms with E-state index in [-0.39, 0.29) is 24.9 Å². The van der Waals surface area contributed by atoms with Crippen molar-refractivity contribution >= 4 is 11.9 Å². The molecule has 0 aromatic rings. The third-order valence-electron chi connectivity index (χ3n) is 9.57. The number of allylic oxidation sites excluding steroid dienone is 18. The van der Waals surface area contributed by atoms with Crippen molar-refractivity contribution < 1.29 is 24.5 Å². The Morgan fingerprint density at radius 2 is 0.965 bits per heavy atom. The number of aliphatic hydroxyl groups is 2. The fourth-order valence-electron chi connectivity index (χ4n) is 6.17. The molecular weight excluding hydrogens is 707 g/mol. The zero-order chi connectivity index (χ0) is 41.7. The number of nitrogens with one attached hydrogen (secondary N) is 1. The number of esters is 1. The highest BCUT2D eigenvalue weighted by Gasteiger charge is 2.23. The first-order chi connectivity index (χ1) is 28.0. The largest absolute Gasteiger partial charge is 0.462 e. The zero-order valence-corrected chi connectivity index (χ0v) is 36.4. The van der Waals surface area contributed by atoms with Gasteiger partial charge in [0.2, 0.25) is 5.91 Å². The van der Waals surface area contributed by atoms with Crippen LogP contribution in [0, 0.1) is 0 Å². The Kier molecular flexibility index (Phi) is 41.0. The second-order valence-electron chi connectivity index (χ2n) is 14.9. The fourth-order valence-corrected chi connectivity index (χ4v) is 6.17. The SMILES string of the molecule is CC/C=C/C=C/C=C\C=C/C=C/CCCCCC(=O)OC(CCC\C=C/C=C\C=C\C=C\CC)CC(=O)NC(CO)C(O)CCCCCCCCCCCCCC. The van der Waals surface area contributed by atoms with E-state index < -0.39 is 18.2 Å². The quantitative estimate of drug-likeness (QED) is 0.0329. The topological polar surface area (TPSA) is 95.9 Å². The Balaban J connectivity index is 4.77. The molecule has 6 nitrogen and oxygen atoms in total. The molecule has 0 heterocycles. The first kappa shape index (κ1) is 53.5. The Morgan fingerprint density at radius 3 is 1.46 bits per heavy atom. The van der Waals surface area contributed by atoms with Crippen LogP contribution in [0.5, 0.6) is 0 Å². The summed E-state index contributed by atoms with van der Waals surface area (Å²) in [6.07, 6.45) is 58.6. The standard InChI is InChI=1S/C51H83NO5/c1-4-7-10-13-16-19-22-24-25-26-29-32-35-38-41-44-51(56)57-47(42-39-36-33-30-27-21-18-15-12-9-6-3)45-50(55)52-48(46-53)49(54)43-40-37-34-31-28-23-20-17-14-11-8-5-2/h7,9-10,12-13,15-16,18-19,21-22,24-27,29-30,33,47-49,53-54H,4-6,8,11,14,17,20,23,28,31-32,34-46H2,1-3H3,(H,52,55)/b10-7+,12-9+,16-13+,18-15+,22-19-,25-24-,27-21-,29-26+,33-30-. The van der Waals surface area contributed by atoms with Crippen LogP contribution in [0.25, 0.3) is 0 Å². The summed E-state index contributed by atoms with van der Waals surface area (Å²) in [6.45, 7) is 6.13. The molecule has 0 rings (SSSR count). The molecule has 3 unspecified atom stereocenters. The Hall–Kier alpha value is -3.48. The number of carbonyl (C=O) groups excluding carboxylic acids is 2. The first-order valence-electron chi connectivity index (χ1n) is 22.7. The molecule has 0 spiro atoms. The summed E-state index contributed by atoms with van der Waals surface area (Å²) in [5.41, 5.74) is 0. The number of hydrogen-bond acceptors (Lipinski definition) is 5. The van der Waals surface area contributed by atoms with E-state index in [1.165, 1.54) is 57.8 Å². The Bertz CT molecular complexity index is 1200. The molecule has 3 N–H and O–H groups in total. The number of carbonyl (C=O) groups is 2. The van der Waals surface area contributed by atoms with Crippen LogP contribution in [-0.4, -0.2) is 46.9 Å². The number of hydrogen-bond donors (Lipinski definition) is 3. The highest BCUT2D eigenvalue weighted by molar-refractivity contribution is 5.77. The van der Waals surface area contributed by atoms with Gasteiger partial charge in [-0.15, -0.1) is 0 Å². The lowest BCUT2D eigenvalue weighted by Gasteiger charge is -2.24. The zero-order valence-electron chi connectivity index (χ0n) is 36.4. The summed E-state index contributed by atoms with van der Waals surface area (Å²) in [4.78, 5) is 26.0. The molecule has 0 bridgehead atoms. The van der Waals surface area contributed by atoms with Crippen molar-refractivity contribution in [2.24, 2.45) is 0 Å². The maximum Gasteiger partial charge on any atom is 0.306 e. The molecule has 0 saturated carbocycles. The van der Waals surface area contributed by atoms with Crippen LogP contribution in [0.15, 0.2) is 109 Å². The fraction of sp³-hybridized carbons (Fsp3) is 0.608. The van der Waals surface area contributed by atoms with Crippen LogP contribution in [-0.2, 0) is 14.3 Å². The van der Waals surface area contributed by atoms with Gasteiger partial charge in [-0.25, -0.2) is 0 Å². The van der Waals surface area contributed by atoms with Crippen LogP contribution >= 0.6 is 0 Å².